The summed E-state index contributed by atoms with van der Waals surface area (Å²) in [5.41, 5.74) is 0. The Balaban J connectivity index is 2.74. The van der Waals surface area contributed by atoms with Crippen molar-refractivity contribution >= 4 is 18.2 Å². The maximum Gasteiger partial charge on any atom is 0.287 e. The van der Waals surface area contributed by atoms with Gasteiger partial charge in [-0.05, 0) is 6.08 Å². The van der Waals surface area contributed by atoms with Crippen molar-refractivity contribution in [3.63, 3.8) is 0 Å². The van der Waals surface area contributed by atoms with E-state index in [2.05, 4.69) is 24.1 Å². The highest BCUT2D eigenvalue weighted by Gasteiger charge is 2.25. The van der Waals surface area contributed by atoms with E-state index in [1.807, 2.05) is 0 Å². The fraction of sp³-hybridized carbons (Fsp3) is 0.267. The van der Waals surface area contributed by atoms with Crippen molar-refractivity contribution in [3.05, 3.63) is 37.0 Å². The van der Waals surface area contributed by atoms with Crippen LogP contribution in [0.1, 0.15) is 0 Å². The summed E-state index contributed by atoms with van der Waals surface area (Å²) in [5.74, 6) is -1.79. The summed E-state index contributed by atoms with van der Waals surface area (Å²) >= 11 is 0. The average Bonchev–Trinajstić information content (AvgIpc) is 2.93. The third kappa shape index (κ3) is 4.38. The van der Waals surface area contributed by atoms with Crippen molar-refractivity contribution in [1.29, 1.82) is 0 Å². The molecule has 1 unspecified atom stereocenters. The van der Waals surface area contributed by atoms with E-state index in [9.17, 15) is 18.4 Å². The first-order valence-corrected chi connectivity index (χ1v) is 6.30. The lowest BCUT2D eigenvalue weighted by atomic mass is 10.2. The molecule has 0 aliphatic carbocycles. The Hall–Kier alpha value is -2.75. The molecule has 0 bridgehead atoms. The summed E-state index contributed by atoms with van der Waals surface area (Å²) in [6, 6.07) is -0.774. The van der Waals surface area contributed by atoms with Gasteiger partial charge in [0.2, 0.25) is 0 Å². The van der Waals surface area contributed by atoms with E-state index in [0.29, 0.717) is 0 Å². The van der Waals surface area contributed by atoms with Gasteiger partial charge in [0.15, 0.2) is 11.7 Å². The highest BCUT2D eigenvalue weighted by Crippen LogP contribution is 2.13. The highest BCUT2D eigenvalue weighted by molar-refractivity contribution is 5.98. The molecule has 1 atom stereocenters. The quantitative estimate of drug-likeness (QED) is 0.421. The molecule has 116 valence electrons. The SMILES string of the molecule is C#CCN(CC=C)C(=O)/C(F)=C/C1CN(C(=O)C(=C)F)C=N1. The van der Waals surface area contributed by atoms with E-state index in [1.165, 1.54) is 6.08 Å². The van der Waals surface area contributed by atoms with E-state index in [4.69, 9.17) is 6.42 Å². The summed E-state index contributed by atoms with van der Waals surface area (Å²) in [6.07, 6.45) is 8.57. The molecule has 0 N–H and O–H groups in total. The fourth-order valence-corrected chi connectivity index (χ4v) is 1.73. The zero-order chi connectivity index (χ0) is 16.7. The smallest absolute Gasteiger partial charge is 0.287 e. The zero-order valence-electron chi connectivity index (χ0n) is 11.8. The number of hydrogen-bond acceptors (Lipinski definition) is 3. The maximum atomic E-state index is 13.9. The molecule has 1 heterocycles. The van der Waals surface area contributed by atoms with Gasteiger partial charge in [-0.2, -0.15) is 0 Å². The average molecular weight is 307 g/mol. The van der Waals surface area contributed by atoms with Crippen molar-refractivity contribution in [2.45, 2.75) is 6.04 Å². The van der Waals surface area contributed by atoms with Crippen molar-refractivity contribution in [2.75, 3.05) is 19.6 Å². The lowest BCUT2D eigenvalue weighted by Crippen LogP contribution is -2.33. The number of carbonyl (C=O) groups excluding carboxylic acids is 2. The maximum absolute atomic E-state index is 13.9. The van der Waals surface area contributed by atoms with Crippen LogP contribution in [0.4, 0.5) is 8.78 Å². The number of aliphatic imine (C=N–C) groups is 1. The van der Waals surface area contributed by atoms with E-state index >= 15 is 0 Å². The molecule has 5 nitrogen and oxygen atoms in total. The van der Waals surface area contributed by atoms with Crippen LogP contribution in [0.15, 0.2) is 42.0 Å². The zero-order valence-corrected chi connectivity index (χ0v) is 11.8. The molecule has 0 radical (unpaired) electrons. The molecule has 22 heavy (non-hydrogen) atoms. The topological polar surface area (TPSA) is 53.0 Å². The van der Waals surface area contributed by atoms with Crippen molar-refractivity contribution in [3.8, 4) is 12.3 Å². The van der Waals surface area contributed by atoms with Gasteiger partial charge in [-0.25, -0.2) is 8.78 Å². The Morgan fingerprint density at radius 3 is 2.77 bits per heavy atom. The van der Waals surface area contributed by atoms with Gasteiger partial charge >= 0.3 is 0 Å². The van der Waals surface area contributed by atoms with Crippen molar-refractivity contribution < 1.29 is 18.4 Å². The van der Waals surface area contributed by atoms with E-state index in [-0.39, 0.29) is 19.6 Å². The lowest BCUT2D eigenvalue weighted by Gasteiger charge is -2.17. The molecular formula is C15H15F2N3O2. The third-order valence-electron chi connectivity index (χ3n) is 2.74. The van der Waals surface area contributed by atoms with Crippen molar-refractivity contribution in [1.82, 2.24) is 9.80 Å². The van der Waals surface area contributed by atoms with Crippen molar-refractivity contribution in [2.24, 2.45) is 4.99 Å². The van der Waals surface area contributed by atoms with Gasteiger partial charge in [0.25, 0.3) is 11.8 Å². The monoisotopic (exact) mass is 307 g/mol. The number of carbonyl (C=O) groups is 2. The summed E-state index contributed by atoms with van der Waals surface area (Å²) in [6.45, 7) is 6.31. The second-order valence-corrected chi connectivity index (χ2v) is 4.39. The minimum absolute atomic E-state index is 0.0632. The first-order valence-electron chi connectivity index (χ1n) is 6.30. The summed E-state index contributed by atoms with van der Waals surface area (Å²) in [4.78, 5) is 29.0. The lowest BCUT2D eigenvalue weighted by molar-refractivity contribution is -0.127. The standard InChI is InChI=1S/C15H15F2N3O2/c1-4-6-19(7-5-2)15(22)13(17)8-12-9-20(10-18-12)14(21)11(3)16/h1,5,8,10,12H,2-3,6-7,9H2/b13-8-. The molecule has 0 aromatic rings. The Labute approximate surface area is 127 Å². The van der Waals surface area contributed by atoms with Crippen LogP contribution in [0.3, 0.4) is 0 Å². The van der Waals surface area contributed by atoms with Crippen LogP contribution in [0.5, 0.6) is 0 Å². The minimum atomic E-state index is -1.14. The molecule has 2 amide bonds. The van der Waals surface area contributed by atoms with Gasteiger partial charge in [0.1, 0.15) is 0 Å². The summed E-state index contributed by atoms with van der Waals surface area (Å²) in [5, 5.41) is 0. The van der Waals surface area contributed by atoms with Gasteiger partial charge in [-0.15, -0.1) is 13.0 Å². The second kappa shape index (κ2) is 7.88. The molecule has 0 aromatic heterocycles. The largest absolute Gasteiger partial charge is 0.322 e. The van der Waals surface area contributed by atoms with Gasteiger partial charge < -0.3 is 4.90 Å². The third-order valence-corrected chi connectivity index (χ3v) is 2.74. The predicted molar refractivity (Wildman–Crippen MR) is 79.0 cm³/mol. The number of terminal acetylenes is 1. The van der Waals surface area contributed by atoms with Gasteiger partial charge in [0, 0.05) is 6.54 Å². The van der Waals surface area contributed by atoms with Crippen LogP contribution >= 0.6 is 0 Å². The molecule has 1 aliphatic rings. The van der Waals surface area contributed by atoms with Crippen LogP contribution in [-0.2, 0) is 9.59 Å². The van der Waals surface area contributed by atoms with Gasteiger partial charge in [-0.3, -0.25) is 19.5 Å². The Kier molecular flexibility index (Phi) is 6.20. The highest BCUT2D eigenvalue weighted by atomic mass is 19.1. The molecule has 0 aromatic carbocycles. The molecule has 7 heteroatoms. The number of nitrogens with zero attached hydrogens (tertiary/aromatic N) is 3. The minimum Gasteiger partial charge on any atom is -0.322 e. The van der Waals surface area contributed by atoms with Crippen LogP contribution in [0, 0.1) is 12.3 Å². The van der Waals surface area contributed by atoms with Crippen LogP contribution in [-0.4, -0.2) is 53.6 Å². The first-order chi connectivity index (χ1) is 10.4. The van der Waals surface area contributed by atoms with E-state index < -0.39 is 29.5 Å². The van der Waals surface area contributed by atoms with Crippen LogP contribution in [0.25, 0.3) is 0 Å². The van der Waals surface area contributed by atoms with E-state index in [0.717, 1.165) is 22.2 Å². The summed E-state index contributed by atoms with van der Waals surface area (Å²) in [7, 11) is 0. The van der Waals surface area contributed by atoms with Crippen LogP contribution in [0.2, 0.25) is 0 Å². The summed E-state index contributed by atoms with van der Waals surface area (Å²) < 4.78 is 26.6. The number of rotatable bonds is 6. The second-order valence-electron chi connectivity index (χ2n) is 4.39. The normalized spacial score (nSPS) is 17.0. The molecule has 1 aliphatic heterocycles. The molecule has 0 spiro atoms. The first kappa shape index (κ1) is 17.3. The fourth-order valence-electron chi connectivity index (χ4n) is 1.73. The van der Waals surface area contributed by atoms with E-state index in [1.54, 1.807) is 0 Å². The Bertz CT molecular complexity index is 590. The Morgan fingerprint density at radius 1 is 1.55 bits per heavy atom. The number of amides is 2. The van der Waals surface area contributed by atoms with Gasteiger partial charge in [0.05, 0.1) is 25.5 Å². The molecular weight excluding hydrogens is 292 g/mol. The molecule has 1 rings (SSSR count). The predicted octanol–water partition coefficient (Wildman–Crippen LogP) is 1.21. The van der Waals surface area contributed by atoms with Crippen LogP contribution < -0.4 is 0 Å². The Morgan fingerprint density at radius 2 is 2.23 bits per heavy atom. The molecule has 0 fully saturated rings. The molecule has 0 saturated heterocycles. The van der Waals surface area contributed by atoms with Gasteiger partial charge in [-0.1, -0.05) is 18.6 Å². The number of halogens is 2. The molecule has 0 saturated carbocycles. The number of hydrogen-bond donors (Lipinski definition) is 0.